The first kappa shape index (κ1) is 16.2. The van der Waals surface area contributed by atoms with Crippen molar-refractivity contribution in [2.45, 2.75) is 13.5 Å². The van der Waals surface area contributed by atoms with Gasteiger partial charge in [0.05, 0.1) is 5.56 Å². The van der Waals surface area contributed by atoms with Gasteiger partial charge in [-0.3, -0.25) is 0 Å². The molecule has 1 heterocycles. The third-order valence-electron chi connectivity index (χ3n) is 4.32. The van der Waals surface area contributed by atoms with Gasteiger partial charge < -0.3 is 9.15 Å². The zero-order valence-corrected chi connectivity index (χ0v) is 14.4. The molecule has 0 bridgehead atoms. The fraction of sp³-hybridized carbons (Fsp3) is 0.0870. The Balaban J connectivity index is 1.61. The van der Waals surface area contributed by atoms with Gasteiger partial charge in [-0.1, -0.05) is 60.2 Å². The Kier molecular flexibility index (Phi) is 4.28. The molecule has 26 heavy (non-hydrogen) atoms. The van der Waals surface area contributed by atoms with E-state index in [9.17, 15) is 4.79 Å². The molecule has 0 aliphatic rings. The first-order valence-electron chi connectivity index (χ1n) is 8.51. The van der Waals surface area contributed by atoms with E-state index in [1.54, 1.807) is 6.07 Å². The van der Waals surface area contributed by atoms with Gasteiger partial charge in [-0.2, -0.15) is 0 Å². The minimum absolute atomic E-state index is 0.348. The van der Waals surface area contributed by atoms with Crippen LogP contribution in [-0.4, -0.2) is 0 Å². The van der Waals surface area contributed by atoms with Crippen molar-refractivity contribution >= 4 is 11.0 Å². The molecule has 0 aliphatic carbocycles. The van der Waals surface area contributed by atoms with E-state index in [-0.39, 0.29) is 5.63 Å². The van der Waals surface area contributed by atoms with Gasteiger partial charge in [0.1, 0.15) is 17.9 Å². The molecule has 1 aromatic heterocycles. The highest BCUT2D eigenvalue weighted by molar-refractivity contribution is 5.82. The van der Waals surface area contributed by atoms with Gasteiger partial charge in [0.15, 0.2) is 0 Å². The van der Waals surface area contributed by atoms with Crippen molar-refractivity contribution < 1.29 is 9.15 Å². The van der Waals surface area contributed by atoms with Crippen molar-refractivity contribution in [2.75, 3.05) is 0 Å². The predicted molar refractivity (Wildman–Crippen MR) is 103 cm³/mol. The van der Waals surface area contributed by atoms with Crippen LogP contribution in [0.25, 0.3) is 22.1 Å². The maximum absolute atomic E-state index is 12.3. The Hall–Kier alpha value is -3.33. The molecular formula is C23H18O3. The molecule has 128 valence electrons. The topological polar surface area (TPSA) is 39.4 Å². The fourth-order valence-corrected chi connectivity index (χ4v) is 2.85. The van der Waals surface area contributed by atoms with Crippen molar-refractivity contribution in [3.05, 3.63) is 100 Å². The molecule has 0 radical (unpaired) electrons. The molecule has 0 spiro atoms. The van der Waals surface area contributed by atoms with Crippen LogP contribution in [0.1, 0.15) is 11.1 Å². The summed E-state index contributed by atoms with van der Waals surface area (Å²) in [7, 11) is 0. The van der Waals surface area contributed by atoms with E-state index in [0.29, 0.717) is 23.5 Å². The third-order valence-corrected chi connectivity index (χ3v) is 4.32. The highest BCUT2D eigenvalue weighted by atomic mass is 16.5. The van der Waals surface area contributed by atoms with Crippen LogP contribution in [0.3, 0.4) is 0 Å². The van der Waals surface area contributed by atoms with Crippen LogP contribution < -0.4 is 10.4 Å². The molecule has 4 aromatic rings. The smallest absolute Gasteiger partial charge is 0.344 e. The number of fused-ring (bicyclic) bond motifs is 1. The van der Waals surface area contributed by atoms with Crippen molar-refractivity contribution in [1.82, 2.24) is 0 Å². The van der Waals surface area contributed by atoms with E-state index >= 15 is 0 Å². The summed E-state index contributed by atoms with van der Waals surface area (Å²) in [6.45, 7) is 2.53. The van der Waals surface area contributed by atoms with Crippen molar-refractivity contribution in [3.63, 3.8) is 0 Å². The van der Waals surface area contributed by atoms with E-state index in [4.69, 9.17) is 9.15 Å². The van der Waals surface area contributed by atoms with Crippen LogP contribution in [-0.2, 0) is 6.61 Å². The second-order valence-electron chi connectivity index (χ2n) is 6.29. The molecular weight excluding hydrogens is 324 g/mol. The number of ether oxygens (including phenoxy) is 1. The average Bonchev–Trinajstić information content (AvgIpc) is 2.67. The van der Waals surface area contributed by atoms with Gasteiger partial charge in [-0.25, -0.2) is 4.79 Å². The molecule has 3 aromatic carbocycles. The second-order valence-corrected chi connectivity index (χ2v) is 6.29. The molecule has 4 rings (SSSR count). The fourth-order valence-electron chi connectivity index (χ4n) is 2.85. The third kappa shape index (κ3) is 3.38. The number of hydrogen-bond acceptors (Lipinski definition) is 3. The molecule has 0 amide bonds. The quantitative estimate of drug-likeness (QED) is 0.470. The lowest BCUT2D eigenvalue weighted by Crippen LogP contribution is -2.02. The first-order chi connectivity index (χ1) is 12.7. The number of hydrogen-bond donors (Lipinski definition) is 0. The van der Waals surface area contributed by atoms with E-state index < -0.39 is 0 Å². The van der Waals surface area contributed by atoms with E-state index in [0.717, 1.165) is 16.5 Å². The summed E-state index contributed by atoms with van der Waals surface area (Å²) in [4.78, 5) is 12.3. The molecule has 0 unspecified atom stereocenters. The standard InChI is InChI=1S/C23H18O3/c1-16-7-9-17(10-8-16)15-25-20-12-11-19-13-21(18-5-3-2-4-6-18)23(24)26-22(19)14-20/h2-14H,15H2,1H3. The SMILES string of the molecule is Cc1ccc(COc2ccc3cc(-c4ccccc4)c(=O)oc3c2)cc1. The van der Waals surface area contributed by atoms with Crippen LogP contribution in [0.5, 0.6) is 5.75 Å². The van der Waals surface area contributed by atoms with Gasteiger partial charge >= 0.3 is 5.63 Å². The Bertz CT molecular complexity index is 1090. The lowest BCUT2D eigenvalue weighted by Gasteiger charge is -2.08. The zero-order chi connectivity index (χ0) is 17.9. The number of rotatable bonds is 4. The van der Waals surface area contributed by atoms with Crippen LogP contribution >= 0.6 is 0 Å². The summed E-state index contributed by atoms with van der Waals surface area (Å²) in [6, 6.07) is 25.2. The summed E-state index contributed by atoms with van der Waals surface area (Å²) >= 11 is 0. The Morgan fingerprint density at radius 1 is 0.885 bits per heavy atom. The predicted octanol–water partition coefficient (Wildman–Crippen LogP) is 5.35. The average molecular weight is 342 g/mol. The summed E-state index contributed by atoms with van der Waals surface area (Å²) in [5.41, 5.74) is 3.90. The first-order valence-corrected chi connectivity index (χ1v) is 8.51. The maximum atomic E-state index is 12.3. The van der Waals surface area contributed by atoms with Crippen LogP contribution in [0, 0.1) is 6.92 Å². The van der Waals surface area contributed by atoms with Gasteiger partial charge in [-0.15, -0.1) is 0 Å². The normalized spacial score (nSPS) is 10.8. The molecule has 3 heteroatoms. The lowest BCUT2D eigenvalue weighted by molar-refractivity contribution is 0.306. The van der Waals surface area contributed by atoms with Gasteiger partial charge in [0, 0.05) is 11.5 Å². The van der Waals surface area contributed by atoms with Crippen LogP contribution in [0.15, 0.2) is 88.1 Å². The van der Waals surface area contributed by atoms with E-state index in [2.05, 4.69) is 19.1 Å². The number of aryl methyl sites for hydroxylation is 1. The molecule has 0 saturated carbocycles. The van der Waals surface area contributed by atoms with Crippen molar-refractivity contribution in [3.8, 4) is 16.9 Å². The highest BCUT2D eigenvalue weighted by Crippen LogP contribution is 2.24. The zero-order valence-electron chi connectivity index (χ0n) is 14.4. The summed E-state index contributed by atoms with van der Waals surface area (Å²) < 4.78 is 11.4. The van der Waals surface area contributed by atoms with Crippen molar-refractivity contribution in [2.24, 2.45) is 0 Å². The van der Waals surface area contributed by atoms with Crippen LogP contribution in [0.2, 0.25) is 0 Å². The van der Waals surface area contributed by atoms with E-state index in [1.165, 1.54) is 5.56 Å². The van der Waals surface area contributed by atoms with Gasteiger partial charge in [-0.05, 0) is 36.2 Å². The largest absolute Gasteiger partial charge is 0.489 e. The van der Waals surface area contributed by atoms with Crippen LogP contribution in [0.4, 0.5) is 0 Å². The lowest BCUT2D eigenvalue weighted by atomic mass is 10.1. The van der Waals surface area contributed by atoms with Gasteiger partial charge in [0.25, 0.3) is 0 Å². The minimum Gasteiger partial charge on any atom is -0.489 e. The summed E-state index contributed by atoms with van der Waals surface area (Å²) in [5.74, 6) is 0.675. The maximum Gasteiger partial charge on any atom is 0.344 e. The molecule has 3 nitrogen and oxygen atoms in total. The second kappa shape index (κ2) is 6.89. The summed E-state index contributed by atoms with van der Waals surface area (Å²) in [5, 5.41) is 0.867. The Morgan fingerprint density at radius 2 is 1.65 bits per heavy atom. The monoisotopic (exact) mass is 342 g/mol. The highest BCUT2D eigenvalue weighted by Gasteiger charge is 2.08. The van der Waals surface area contributed by atoms with Gasteiger partial charge in [0.2, 0.25) is 0 Å². The molecule has 0 saturated heterocycles. The molecule has 0 N–H and O–H groups in total. The Labute approximate surface area is 151 Å². The molecule has 0 atom stereocenters. The summed E-state index contributed by atoms with van der Waals surface area (Å²) in [6.07, 6.45) is 0. The molecule has 0 fully saturated rings. The molecule has 0 aliphatic heterocycles. The number of benzene rings is 3. The van der Waals surface area contributed by atoms with Crippen molar-refractivity contribution in [1.29, 1.82) is 0 Å². The Morgan fingerprint density at radius 3 is 2.42 bits per heavy atom. The minimum atomic E-state index is -0.348. The van der Waals surface area contributed by atoms with E-state index in [1.807, 2.05) is 60.7 Å².